The highest BCUT2D eigenvalue weighted by atomic mass is 79.9. The van der Waals surface area contributed by atoms with Gasteiger partial charge in [-0.15, -0.1) is 0 Å². The van der Waals surface area contributed by atoms with Gasteiger partial charge in [-0.2, -0.15) is 0 Å². The van der Waals surface area contributed by atoms with Gasteiger partial charge in [-0.05, 0) is 18.3 Å². The zero-order chi connectivity index (χ0) is 14.8. The van der Waals surface area contributed by atoms with Gasteiger partial charge >= 0.3 is 5.97 Å². The molecule has 0 radical (unpaired) electrons. The molecule has 0 spiro atoms. The molecule has 1 aliphatic heterocycles. The number of hydrogen-bond donors (Lipinski definition) is 0. The summed E-state index contributed by atoms with van der Waals surface area (Å²) in [6.07, 6.45) is 1.96. The summed E-state index contributed by atoms with van der Waals surface area (Å²) in [6.45, 7) is 6.20. The van der Waals surface area contributed by atoms with Crippen LogP contribution in [0.2, 0.25) is 0 Å². The van der Waals surface area contributed by atoms with E-state index in [1.54, 1.807) is 0 Å². The van der Waals surface area contributed by atoms with E-state index in [2.05, 4.69) is 38.8 Å². The minimum absolute atomic E-state index is 0.00694. The number of alkyl halides is 2. The molecule has 5 heteroatoms. The Kier molecular flexibility index (Phi) is 3.60. The van der Waals surface area contributed by atoms with Gasteiger partial charge in [-0.1, -0.05) is 52.6 Å². The quantitative estimate of drug-likeness (QED) is 0.457. The maximum Gasteiger partial charge on any atom is 0.309 e. The molecule has 1 heterocycles. The van der Waals surface area contributed by atoms with E-state index in [9.17, 15) is 9.59 Å². The van der Waals surface area contributed by atoms with Crippen LogP contribution in [-0.2, 0) is 14.3 Å². The second kappa shape index (κ2) is 4.80. The molecule has 1 unspecified atom stereocenters. The molecule has 0 aromatic carbocycles. The Bertz CT molecular complexity index is 466. The van der Waals surface area contributed by atoms with Crippen molar-refractivity contribution in [1.29, 1.82) is 0 Å². The summed E-state index contributed by atoms with van der Waals surface area (Å²) in [5.74, 6) is 0.455. The Morgan fingerprint density at radius 1 is 1.20 bits per heavy atom. The molecule has 2 aliphatic carbocycles. The van der Waals surface area contributed by atoms with Gasteiger partial charge in [-0.3, -0.25) is 9.59 Å². The Labute approximate surface area is 136 Å². The first kappa shape index (κ1) is 15.0. The largest absolute Gasteiger partial charge is 0.461 e. The van der Waals surface area contributed by atoms with Crippen LogP contribution in [0.15, 0.2) is 0 Å². The van der Waals surface area contributed by atoms with Crippen LogP contribution in [0.5, 0.6) is 0 Å². The highest BCUT2D eigenvalue weighted by molar-refractivity contribution is 9.12. The summed E-state index contributed by atoms with van der Waals surface area (Å²) in [5, 5.41) is 0. The molecule has 112 valence electrons. The first-order valence-electron chi connectivity index (χ1n) is 7.31. The van der Waals surface area contributed by atoms with Crippen molar-refractivity contribution in [2.24, 2.45) is 29.1 Å². The van der Waals surface area contributed by atoms with Crippen LogP contribution in [-0.4, -0.2) is 27.5 Å². The Balaban J connectivity index is 2.01. The monoisotopic (exact) mass is 406 g/mol. The summed E-state index contributed by atoms with van der Waals surface area (Å²) in [4.78, 5) is 24.3. The maximum atomic E-state index is 12.5. The van der Waals surface area contributed by atoms with Crippen molar-refractivity contribution >= 4 is 43.6 Å². The van der Waals surface area contributed by atoms with Crippen LogP contribution in [0.25, 0.3) is 0 Å². The fraction of sp³-hybridized carbons (Fsp3) is 0.867. The molecule has 20 heavy (non-hydrogen) atoms. The SMILES string of the molecule is C[C@@H]1C(=O)O[C@@H]2[C@H]1CC[C@]1(C)[C@@H]2[C@H](C)C(=O)C(Br)[C@H]1Br. The van der Waals surface area contributed by atoms with E-state index in [1.807, 2.05) is 13.8 Å². The summed E-state index contributed by atoms with van der Waals surface area (Å²) in [7, 11) is 0. The molecule has 0 bridgehead atoms. The zero-order valence-electron chi connectivity index (χ0n) is 11.9. The molecule has 3 fully saturated rings. The molecule has 3 rings (SSSR count). The summed E-state index contributed by atoms with van der Waals surface area (Å²) >= 11 is 7.29. The smallest absolute Gasteiger partial charge is 0.309 e. The van der Waals surface area contributed by atoms with Crippen LogP contribution in [0.1, 0.15) is 33.6 Å². The number of hydrogen-bond acceptors (Lipinski definition) is 3. The van der Waals surface area contributed by atoms with Crippen molar-refractivity contribution in [1.82, 2.24) is 0 Å². The maximum absolute atomic E-state index is 12.5. The standard InChI is InChI=1S/C15H20Br2O3/c1-6-8-4-5-15(3)9(12(8)20-14(6)19)7(2)11(18)10(16)13(15)17/h6-10,12-13H,4-5H2,1-3H3/t6-,7-,8-,9+,10?,12+,13+,15+/m0/s1. The van der Waals surface area contributed by atoms with E-state index in [-0.39, 0.29) is 56.6 Å². The summed E-state index contributed by atoms with van der Waals surface area (Å²) in [6, 6.07) is 0. The minimum atomic E-state index is -0.148. The zero-order valence-corrected chi connectivity index (χ0v) is 15.1. The Morgan fingerprint density at radius 3 is 2.50 bits per heavy atom. The number of carbonyl (C=O) groups is 2. The average molecular weight is 408 g/mol. The lowest BCUT2D eigenvalue weighted by atomic mass is 9.53. The lowest BCUT2D eigenvalue weighted by molar-refractivity contribution is -0.156. The summed E-state index contributed by atoms with van der Waals surface area (Å²) < 4.78 is 5.69. The van der Waals surface area contributed by atoms with Gasteiger partial charge in [0.1, 0.15) is 6.10 Å². The average Bonchev–Trinajstić information content (AvgIpc) is 2.69. The van der Waals surface area contributed by atoms with E-state index < -0.39 is 0 Å². The van der Waals surface area contributed by atoms with Crippen LogP contribution >= 0.6 is 31.9 Å². The molecule has 1 saturated heterocycles. The van der Waals surface area contributed by atoms with Gasteiger partial charge in [-0.25, -0.2) is 0 Å². The van der Waals surface area contributed by atoms with E-state index >= 15 is 0 Å². The predicted molar refractivity (Wildman–Crippen MR) is 83.0 cm³/mol. The topological polar surface area (TPSA) is 43.4 Å². The molecule has 0 aromatic heterocycles. The second-order valence-corrected chi connectivity index (χ2v) is 8.89. The molecule has 8 atom stereocenters. The van der Waals surface area contributed by atoms with E-state index in [0.717, 1.165) is 12.8 Å². The Morgan fingerprint density at radius 2 is 1.85 bits per heavy atom. The number of carbonyl (C=O) groups excluding carboxylic acids is 2. The third kappa shape index (κ3) is 1.81. The molecule has 0 N–H and O–H groups in total. The second-order valence-electron chi connectivity index (χ2n) is 6.92. The summed E-state index contributed by atoms with van der Waals surface area (Å²) in [5.41, 5.74) is -0.00694. The van der Waals surface area contributed by atoms with Crippen molar-refractivity contribution in [2.45, 2.75) is 49.4 Å². The molecule has 2 saturated carbocycles. The fourth-order valence-corrected chi connectivity index (χ4v) is 6.46. The predicted octanol–water partition coefficient (Wildman–Crippen LogP) is 3.33. The third-order valence-corrected chi connectivity index (χ3v) is 9.23. The van der Waals surface area contributed by atoms with Gasteiger partial charge in [0, 0.05) is 22.6 Å². The number of ketones is 1. The van der Waals surface area contributed by atoms with Crippen molar-refractivity contribution in [3.05, 3.63) is 0 Å². The van der Waals surface area contributed by atoms with Gasteiger partial charge in [0.15, 0.2) is 5.78 Å². The van der Waals surface area contributed by atoms with Crippen LogP contribution in [0.4, 0.5) is 0 Å². The van der Waals surface area contributed by atoms with Crippen LogP contribution < -0.4 is 0 Å². The fourth-order valence-electron chi connectivity index (χ4n) is 4.65. The molecule has 3 nitrogen and oxygen atoms in total. The third-order valence-electron chi connectivity index (χ3n) is 5.97. The lowest BCUT2D eigenvalue weighted by Gasteiger charge is -2.55. The molecule has 0 amide bonds. The highest BCUT2D eigenvalue weighted by Gasteiger charge is 2.63. The highest BCUT2D eigenvalue weighted by Crippen LogP contribution is 2.59. The van der Waals surface area contributed by atoms with Crippen molar-refractivity contribution < 1.29 is 14.3 Å². The van der Waals surface area contributed by atoms with Gasteiger partial charge in [0.2, 0.25) is 0 Å². The number of halogens is 2. The molecular formula is C15H20Br2O3. The normalized spacial score (nSPS) is 55.1. The number of esters is 1. The number of ether oxygens (including phenoxy) is 1. The van der Waals surface area contributed by atoms with Gasteiger partial charge < -0.3 is 4.74 Å². The van der Waals surface area contributed by atoms with E-state index in [0.29, 0.717) is 0 Å². The molecule has 3 aliphatic rings. The van der Waals surface area contributed by atoms with E-state index in [1.165, 1.54) is 0 Å². The van der Waals surface area contributed by atoms with Gasteiger partial charge in [0.05, 0.1) is 10.7 Å². The number of rotatable bonds is 0. The lowest BCUT2D eigenvalue weighted by Crippen LogP contribution is -2.60. The van der Waals surface area contributed by atoms with Crippen LogP contribution in [0.3, 0.4) is 0 Å². The number of fused-ring (bicyclic) bond motifs is 3. The van der Waals surface area contributed by atoms with Crippen molar-refractivity contribution in [3.63, 3.8) is 0 Å². The Hall–Kier alpha value is 0.1000. The first-order valence-corrected chi connectivity index (χ1v) is 9.14. The molecular weight excluding hydrogens is 388 g/mol. The minimum Gasteiger partial charge on any atom is -0.461 e. The van der Waals surface area contributed by atoms with Crippen LogP contribution in [0, 0.1) is 29.1 Å². The van der Waals surface area contributed by atoms with Gasteiger partial charge in [0.25, 0.3) is 0 Å². The number of Topliss-reactive ketones (excluding diaryl/α,β-unsaturated/α-hetero) is 1. The van der Waals surface area contributed by atoms with E-state index in [4.69, 9.17) is 4.74 Å². The first-order chi connectivity index (χ1) is 9.29. The van der Waals surface area contributed by atoms with Crippen molar-refractivity contribution in [3.8, 4) is 0 Å². The molecule has 0 aromatic rings. The van der Waals surface area contributed by atoms with Crippen molar-refractivity contribution in [2.75, 3.05) is 0 Å².